The van der Waals surface area contributed by atoms with Gasteiger partial charge in [0.1, 0.15) is 0 Å². The van der Waals surface area contributed by atoms with Crippen LogP contribution >= 0.6 is 0 Å². The Bertz CT molecular complexity index is 798. The van der Waals surface area contributed by atoms with E-state index in [1.165, 1.54) is 5.56 Å². The zero-order chi connectivity index (χ0) is 17.5. The van der Waals surface area contributed by atoms with Crippen molar-refractivity contribution in [2.45, 2.75) is 37.6 Å². The molecule has 2 N–H and O–H groups in total. The van der Waals surface area contributed by atoms with Gasteiger partial charge in [0.15, 0.2) is 0 Å². The molecule has 136 valence electrons. The lowest BCUT2D eigenvalue weighted by Crippen LogP contribution is -2.50. The van der Waals surface area contributed by atoms with Crippen LogP contribution in [0.25, 0.3) is 0 Å². The molecule has 0 radical (unpaired) electrons. The van der Waals surface area contributed by atoms with Crippen molar-refractivity contribution in [3.05, 3.63) is 47.3 Å². The van der Waals surface area contributed by atoms with Crippen molar-refractivity contribution >= 4 is 5.91 Å². The summed E-state index contributed by atoms with van der Waals surface area (Å²) in [5.41, 5.74) is 9.34. The van der Waals surface area contributed by atoms with Crippen molar-refractivity contribution in [2.24, 2.45) is 0 Å². The van der Waals surface area contributed by atoms with Crippen molar-refractivity contribution < 1.29 is 9.53 Å². The first-order valence-electron chi connectivity index (χ1n) is 9.18. The van der Waals surface area contributed by atoms with Crippen molar-refractivity contribution in [2.75, 3.05) is 19.6 Å². The predicted molar refractivity (Wildman–Crippen MR) is 93.1 cm³/mol. The summed E-state index contributed by atoms with van der Waals surface area (Å²) in [6, 6.07) is 8.45. The van der Waals surface area contributed by atoms with E-state index >= 15 is 0 Å². The second-order valence-electron chi connectivity index (χ2n) is 7.16. The van der Waals surface area contributed by atoms with Crippen LogP contribution in [0.3, 0.4) is 0 Å². The largest absolute Gasteiger partial charge is 0.368 e. The second-order valence-corrected chi connectivity index (χ2v) is 7.16. The second kappa shape index (κ2) is 6.46. The van der Waals surface area contributed by atoms with Gasteiger partial charge < -0.3 is 9.64 Å². The van der Waals surface area contributed by atoms with Gasteiger partial charge in [-0.1, -0.05) is 17.3 Å². The molecule has 8 heteroatoms. The number of hydrogen-bond donors (Lipinski definition) is 2. The minimum atomic E-state index is -0.0186. The number of aromatic nitrogens is 3. The van der Waals surface area contributed by atoms with Gasteiger partial charge in [0.25, 0.3) is 5.91 Å². The van der Waals surface area contributed by atoms with Gasteiger partial charge >= 0.3 is 0 Å². The van der Waals surface area contributed by atoms with Crippen LogP contribution in [0.1, 0.15) is 46.5 Å². The van der Waals surface area contributed by atoms with E-state index in [9.17, 15) is 4.79 Å². The first-order chi connectivity index (χ1) is 12.8. The van der Waals surface area contributed by atoms with Gasteiger partial charge in [-0.05, 0) is 30.5 Å². The number of benzene rings is 1. The summed E-state index contributed by atoms with van der Waals surface area (Å²) >= 11 is 0. The molecule has 0 saturated carbocycles. The highest BCUT2D eigenvalue weighted by Gasteiger charge is 2.37. The number of fused-ring (bicyclic) bond motifs is 3. The lowest BCUT2D eigenvalue weighted by Gasteiger charge is -2.41. The molecule has 1 unspecified atom stereocenters. The Morgan fingerprint density at radius 2 is 2.12 bits per heavy atom. The van der Waals surface area contributed by atoms with Crippen LogP contribution in [0.2, 0.25) is 0 Å². The average molecular weight is 354 g/mol. The summed E-state index contributed by atoms with van der Waals surface area (Å²) in [7, 11) is 0. The molecule has 0 spiro atoms. The third-order valence-corrected chi connectivity index (χ3v) is 5.61. The number of nitrogens with zero attached hydrogens (tertiary/aromatic N) is 4. The molecule has 3 aliphatic heterocycles. The normalized spacial score (nSPS) is 27.8. The number of piperidine rings is 1. The van der Waals surface area contributed by atoms with Gasteiger partial charge in [-0.3, -0.25) is 15.6 Å². The maximum absolute atomic E-state index is 12.9. The highest BCUT2D eigenvalue weighted by atomic mass is 16.5. The predicted octanol–water partition coefficient (Wildman–Crippen LogP) is 0.803. The molecule has 1 aromatic heterocycles. The molecule has 1 amide bonds. The molecule has 5 rings (SSSR count). The molecule has 2 aromatic rings. The van der Waals surface area contributed by atoms with E-state index in [2.05, 4.69) is 21.2 Å². The molecule has 2 fully saturated rings. The van der Waals surface area contributed by atoms with Gasteiger partial charge in [0.05, 0.1) is 30.6 Å². The van der Waals surface area contributed by atoms with Crippen LogP contribution in [0.15, 0.2) is 30.5 Å². The Labute approximate surface area is 151 Å². The van der Waals surface area contributed by atoms with Crippen LogP contribution in [0.4, 0.5) is 0 Å². The van der Waals surface area contributed by atoms with Crippen LogP contribution in [0.5, 0.6) is 0 Å². The summed E-state index contributed by atoms with van der Waals surface area (Å²) in [4.78, 5) is 14.8. The number of amides is 1. The summed E-state index contributed by atoms with van der Waals surface area (Å²) in [6.07, 6.45) is 3.63. The lowest BCUT2D eigenvalue weighted by molar-refractivity contribution is -0.0627. The minimum Gasteiger partial charge on any atom is -0.368 e. The standard InChI is InChI=1S/C18H22N6O2/c25-18(13-3-1-12(2-4-13)15-5-7-19-21-15)23-8-6-16-17(10-23)26-11-14-9-20-22-24(14)16/h1-4,9,15-17,19,21H,5-8,10-11H2/t15?,16-,17-/m0/s1. The smallest absolute Gasteiger partial charge is 0.253 e. The molecular formula is C18H22N6O2. The fourth-order valence-electron chi connectivity index (χ4n) is 4.15. The molecule has 2 saturated heterocycles. The number of carbonyl (C=O) groups excluding carboxylic acids is 1. The van der Waals surface area contributed by atoms with Crippen molar-refractivity contribution in [3.63, 3.8) is 0 Å². The van der Waals surface area contributed by atoms with E-state index in [-0.39, 0.29) is 18.1 Å². The fraction of sp³-hybridized carbons (Fsp3) is 0.500. The Morgan fingerprint density at radius 3 is 2.92 bits per heavy atom. The number of nitrogens with one attached hydrogen (secondary N) is 2. The number of ether oxygens (including phenoxy) is 1. The van der Waals surface area contributed by atoms with Crippen LogP contribution in [-0.4, -0.2) is 51.5 Å². The van der Waals surface area contributed by atoms with Crippen LogP contribution in [0, 0.1) is 0 Å². The third-order valence-electron chi connectivity index (χ3n) is 5.61. The lowest BCUT2D eigenvalue weighted by atomic mass is 9.98. The van der Waals surface area contributed by atoms with Gasteiger partial charge in [-0.15, -0.1) is 5.10 Å². The van der Waals surface area contributed by atoms with E-state index in [0.29, 0.717) is 25.7 Å². The molecule has 4 heterocycles. The zero-order valence-corrected chi connectivity index (χ0v) is 14.5. The van der Waals surface area contributed by atoms with E-state index in [0.717, 1.165) is 30.6 Å². The number of hydrazine groups is 1. The minimum absolute atomic E-state index is 0.0186. The van der Waals surface area contributed by atoms with Crippen LogP contribution < -0.4 is 10.9 Å². The quantitative estimate of drug-likeness (QED) is 0.830. The molecule has 0 aliphatic carbocycles. The first-order valence-corrected chi connectivity index (χ1v) is 9.18. The van der Waals surface area contributed by atoms with Gasteiger partial charge in [0.2, 0.25) is 0 Å². The van der Waals surface area contributed by atoms with Crippen LogP contribution in [-0.2, 0) is 11.3 Å². The van der Waals surface area contributed by atoms with E-state index < -0.39 is 0 Å². The van der Waals surface area contributed by atoms with E-state index in [1.807, 2.05) is 33.8 Å². The molecular weight excluding hydrogens is 332 g/mol. The molecule has 8 nitrogen and oxygen atoms in total. The Morgan fingerprint density at radius 1 is 1.23 bits per heavy atom. The number of rotatable bonds is 2. The highest BCUT2D eigenvalue weighted by molar-refractivity contribution is 5.94. The molecule has 1 aromatic carbocycles. The Kier molecular flexibility index (Phi) is 3.96. The summed E-state index contributed by atoms with van der Waals surface area (Å²) in [5.74, 6) is 0.0699. The first kappa shape index (κ1) is 15.9. The zero-order valence-electron chi connectivity index (χ0n) is 14.5. The Balaban J connectivity index is 1.28. The number of carbonyl (C=O) groups is 1. The van der Waals surface area contributed by atoms with Crippen molar-refractivity contribution in [3.8, 4) is 0 Å². The maximum Gasteiger partial charge on any atom is 0.253 e. The number of hydrogen-bond acceptors (Lipinski definition) is 6. The van der Waals surface area contributed by atoms with Crippen molar-refractivity contribution in [1.29, 1.82) is 0 Å². The molecule has 3 atom stereocenters. The Hall–Kier alpha value is -2.29. The molecule has 26 heavy (non-hydrogen) atoms. The SMILES string of the molecule is O=C(c1ccc(C2CCNN2)cc1)N1CC[C@H]2[C@H](C1)OCc1cnnn12. The summed E-state index contributed by atoms with van der Waals surface area (Å²) < 4.78 is 7.93. The third kappa shape index (κ3) is 2.70. The van der Waals surface area contributed by atoms with Crippen molar-refractivity contribution in [1.82, 2.24) is 30.7 Å². The van der Waals surface area contributed by atoms with Gasteiger partial charge in [0, 0.05) is 31.2 Å². The molecule has 0 bridgehead atoms. The summed E-state index contributed by atoms with van der Waals surface area (Å²) in [6.45, 7) is 2.78. The van der Waals surface area contributed by atoms with E-state index in [1.54, 1.807) is 6.20 Å². The topological polar surface area (TPSA) is 84.3 Å². The summed E-state index contributed by atoms with van der Waals surface area (Å²) in [5, 5.41) is 8.17. The highest BCUT2D eigenvalue weighted by Crippen LogP contribution is 2.31. The fourth-order valence-corrected chi connectivity index (χ4v) is 4.15. The molecule has 3 aliphatic rings. The monoisotopic (exact) mass is 354 g/mol. The van der Waals surface area contributed by atoms with E-state index in [4.69, 9.17) is 4.74 Å². The van der Waals surface area contributed by atoms with Gasteiger partial charge in [-0.2, -0.15) is 0 Å². The number of likely N-dealkylation sites (tertiary alicyclic amines) is 1. The average Bonchev–Trinajstić information content (AvgIpc) is 3.39. The van der Waals surface area contributed by atoms with Gasteiger partial charge in [-0.25, -0.2) is 4.68 Å². The maximum atomic E-state index is 12.9.